The Balaban J connectivity index is 2.26. The summed E-state index contributed by atoms with van der Waals surface area (Å²) in [7, 11) is 1.83. The summed E-state index contributed by atoms with van der Waals surface area (Å²) in [4.78, 5) is 0. The Morgan fingerprint density at radius 3 is 2.59 bits per heavy atom. The third-order valence-corrected chi connectivity index (χ3v) is 4.32. The van der Waals surface area contributed by atoms with Crippen molar-refractivity contribution in [1.82, 2.24) is 5.32 Å². The van der Waals surface area contributed by atoms with E-state index in [0.29, 0.717) is 0 Å². The minimum Gasteiger partial charge on any atom is -0.379 e. The van der Waals surface area contributed by atoms with Gasteiger partial charge >= 0.3 is 0 Å². The van der Waals surface area contributed by atoms with Gasteiger partial charge in [-0.05, 0) is 64.5 Å². The Morgan fingerprint density at radius 2 is 1.94 bits per heavy atom. The molecule has 1 fully saturated rings. The van der Waals surface area contributed by atoms with Gasteiger partial charge in [-0.1, -0.05) is 19.8 Å². The Hall–Kier alpha value is -0.0800. The SMILES string of the molecule is CCCNCC1CCCC1CCC(C)(C)OC. The van der Waals surface area contributed by atoms with E-state index in [0.717, 1.165) is 11.8 Å². The van der Waals surface area contributed by atoms with Crippen LogP contribution in [-0.4, -0.2) is 25.8 Å². The van der Waals surface area contributed by atoms with Crippen LogP contribution in [0, 0.1) is 11.8 Å². The van der Waals surface area contributed by atoms with Crippen molar-refractivity contribution in [3.05, 3.63) is 0 Å². The minimum absolute atomic E-state index is 0.0595. The lowest BCUT2D eigenvalue weighted by Gasteiger charge is -2.27. The molecule has 1 saturated carbocycles. The van der Waals surface area contributed by atoms with Gasteiger partial charge in [0.05, 0.1) is 5.60 Å². The van der Waals surface area contributed by atoms with E-state index in [4.69, 9.17) is 4.74 Å². The van der Waals surface area contributed by atoms with Crippen molar-refractivity contribution in [3.8, 4) is 0 Å². The van der Waals surface area contributed by atoms with Crippen LogP contribution in [0.15, 0.2) is 0 Å². The van der Waals surface area contributed by atoms with E-state index in [-0.39, 0.29) is 5.60 Å². The lowest BCUT2D eigenvalue weighted by atomic mass is 9.87. The van der Waals surface area contributed by atoms with Crippen molar-refractivity contribution in [1.29, 1.82) is 0 Å². The zero-order valence-electron chi connectivity index (χ0n) is 12.2. The molecule has 1 N–H and O–H groups in total. The second kappa shape index (κ2) is 7.38. The van der Waals surface area contributed by atoms with Gasteiger partial charge in [0.25, 0.3) is 0 Å². The molecule has 0 spiro atoms. The second-order valence-corrected chi connectivity index (χ2v) is 6.16. The molecular formula is C15H31NO. The fraction of sp³-hybridized carbons (Fsp3) is 1.00. The first-order valence-corrected chi connectivity index (χ1v) is 7.35. The molecule has 2 heteroatoms. The average Bonchev–Trinajstić information content (AvgIpc) is 2.75. The van der Waals surface area contributed by atoms with Crippen molar-refractivity contribution in [2.24, 2.45) is 11.8 Å². The predicted octanol–water partition coefficient (Wildman–Crippen LogP) is 3.61. The van der Waals surface area contributed by atoms with Gasteiger partial charge in [-0.3, -0.25) is 0 Å². The first-order chi connectivity index (χ1) is 8.09. The molecule has 0 aromatic rings. The summed E-state index contributed by atoms with van der Waals surface area (Å²) in [6, 6.07) is 0. The number of methoxy groups -OCH3 is 1. The first kappa shape index (κ1) is 15.0. The monoisotopic (exact) mass is 241 g/mol. The van der Waals surface area contributed by atoms with Crippen molar-refractivity contribution >= 4 is 0 Å². The largest absolute Gasteiger partial charge is 0.379 e. The molecule has 0 aliphatic heterocycles. The number of nitrogens with one attached hydrogen (secondary N) is 1. The van der Waals surface area contributed by atoms with E-state index >= 15 is 0 Å². The highest BCUT2D eigenvalue weighted by molar-refractivity contribution is 4.81. The van der Waals surface area contributed by atoms with Crippen LogP contribution in [0.4, 0.5) is 0 Å². The van der Waals surface area contributed by atoms with Crippen LogP contribution in [0.2, 0.25) is 0 Å². The maximum Gasteiger partial charge on any atom is 0.0622 e. The Kier molecular flexibility index (Phi) is 6.50. The Morgan fingerprint density at radius 1 is 1.24 bits per heavy atom. The van der Waals surface area contributed by atoms with Crippen LogP contribution in [0.25, 0.3) is 0 Å². The van der Waals surface area contributed by atoms with Crippen LogP contribution in [-0.2, 0) is 4.74 Å². The summed E-state index contributed by atoms with van der Waals surface area (Å²) >= 11 is 0. The highest BCUT2D eigenvalue weighted by Gasteiger charge is 2.28. The topological polar surface area (TPSA) is 21.3 Å². The minimum atomic E-state index is 0.0595. The number of hydrogen-bond donors (Lipinski definition) is 1. The molecule has 2 unspecified atom stereocenters. The molecule has 0 bridgehead atoms. The van der Waals surface area contributed by atoms with Crippen molar-refractivity contribution in [2.45, 2.75) is 64.9 Å². The van der Waals surface area contributed by atoms with E-state index in [9.17, 15) is 0 Å². The highest BCUT2D eigenvalue weighted by atomic mass is 16.5. The first-order valence-electron chi connectivity index (χ1n) is 7.35. The smallest absolute Gasteiger partial charge is 0.0622 e. The molecule has 0 heterocycles. The standard InChI is InChI=1S/C15H31NO/c1-5-11-16-12-14-8-6-7-13(14)9-10-15(2,3)17-4/h13-14,16H,5-12H2,1-4H3. The normalized spacial score (nSPS) is 25.4. The van der Waals surface area contributed by atoms with Crippen LogP contribution in [0.1, 0.15) is 59.3 Å². The van der Waals surface area contributed by atoms with Crippen molar-refractivity contribution in [2.75, 3.05) is 20.2 Å². The molecule has 17 heavy (non-hydrogen) atoms. The second-order valence-electron chi connectivity index (χ2n) is 6.16. The molecule has 1 aliphatic rings. The van der Waals surface area contributed by atoms with Crippen LogP contribution < -0.4 is 5.32 Å². The molecule has 0 aromatic carbocycles. The maximum absolute atomic E-state index is 5.52. The third kappa shape index (κ3) is 5.39. The fourth-order valence-electron chi connectivity index (χ4n) is 2.86. The van der Waals surface area contributed by atoms with E-state index in [2.05, 4.69) is 26.1 Å². The van der Waals surface area contributed by atoms with Crippen LogP contribution in [0.3, 0.4) is 0 Å². The lowest BCUT2D eigenvalue weighted by molar-refractivity contribution is 0.00907. The number of hydrogen-bond acceptors (Lipinski definition) is 2. The van der Waals surface area contributed by atoms with Gasteiger partial charge < -0.3 is 10.1 Å². The molecule has 2 nitrogen and oxygen atoms in total. The molecule has 0 aromatic heterocycles. The Labute approximate surface area is 108 Å². The van der Waals surface area contributed by atoms with Gasteiger partial charge in [0, 0.05) is 7.11 Å². The number of ether oxygens (including phenoxy) is 1. The summed E-state index contributed by atoms with van der Waals surface area (Å²) in [5.41, 5.74) is 0.0595. The van der Waals surface area contributed by atoms with Gasteiger partial charge in [0.15, 0.2) is 0 Å². The van der Waals surface area contributed by atoms with E-state index in [1.54, 1.807) is 0 Å². The van der Waals surface area contributed by atoms with E-state index in [1.165, 1.54) is 51.6 Å². The van der Waals surface area contributed by atoms with Gasteiger partial charge in [-0.25, -0.2) is 0 Å². The Bertz CT molecular complexity index is 203. The van der Waals surface area contributed by atoms with Crippen LogP contribution in [0.5, 0.6) is 0 Å². The molecule has 0 amide bonds. The molecule has 2 atom stereocenters. The van der Waals surface area contributed by atoms with Gasteiger partial charge in [0.2, 0.25) is 0 Å². The summed E-state index contributed by atoms with van der Waals surface area (Å²) in [5.74, 6) is 1.84. The lowest BCUT2D eigenvalue weighted by Crippen LogP contribution is -2.28. The summed E-state index contributed by atoms with van der Waals surface area (Å²) < 4.78 is 5.52. The zero-order chi connectivity index (χ0) is 12.7. The zero-order valence-corrected chi connectivity index (χ0v) is 12.2. The van der Waals surface area contributed by atoms with Crippen molar-refractivity contribution < 1.29 is 4.74 Å². The molecule has 1 aliphatic carbocycles. The van der Waals surface area contributed by atoms with Gasteiger partial charge in [-0.15, -0.1) is 0 Å². The van der Waals surface area contributed by atoms with Gasteiger partial charge in [0.1, 0.15) is 0 Å². The molecule has 0 radical (unpaired) electrons. The quantitative estimate of drug-likeness (QED) is 0.656. The van der Waals surface area contributed by atoms with E-state index < -0.39 is 0 Å². The van der Waals surface area contributed by atoms with Crippen LogP contribution >= 0.6 is 0 Å². The van der Waals surface area contributed by atoms with Gasteiger partial charge in [-0.2, -0.15) is 0 Å². The molecule has 0 saturated heterocycles. The average molecular weight is 241 g/mol. The predicted molar refractivity (Wildman–Crippen MR) is 74.3 cm³/mol. The summed E-state index contributed by atoms with van der Waals surface area (Å²) in [5, 5.41) is 3.59. The maximum atomic E-state index is 5.52. The fourth-order valence-corrected chi connectivity index (χ4v) is 2.86. The highest BCUT2D eigenvalue weighted by Crippen LogP contribution is 2.36. The third-order valence-electron chi connectivity index (χ3n) is 4.32. The molecule has 102 valence electrons. The number of rotatable bonds is 8. The molecule has 1 rings (SSSR count). The molecular weight excluding hydrogens is 210 g/mol. The van der Waals surface area contributed by atoms with Crippen molar-refractivity contribution in [3.63, 3.8) is 0 Å². The van der Waals surface area contributed by atoms with E-state index in [1.807, 2.05) is 7.11 Å². The summed E-state index contributed by atoms with van der Waals surface area (Å²) in [6.45, 7) is 9.04. The summed E-state index contributed by atoms with van der Waals surface area (Å²) in [6.07, 6.45) is 8.05.